The lowest BCUT2D eigenvalue weighted by Gasteiger charge is -2.26. The number of hydrogen-bond acceptors (Lipinski definition) is 7. The van der Waals surface area contributed by atoms with Crippen LogP contribution in [0.2, 0.25) is 0 Å². The van der Waals surface area contributed by atoms with Gasteiger partial charge in [-0.05, 0) is 35.9 Å². The average Bonchev–Trinajstić information content (AvgIpc) is 3.36. The van der Waals surface area contributed by atoms with Gasteiger partial charge in [0, 0.05) is 43.6 Å². The molecule has 2 aromatic heterocycles. The molecule has 1 aliphatic heterocycles. The molecule has 3 heterocycles. The first kappa shape index (κ1) is 28.8. The second-order valence-electron chi connectivity index (χ2n) is 9.42. The summed E-state index contributed by atoms with van der Waals surface area (Å²) in [6, 6.07) is 7.03. The number of alkyl halides is 3. The first-order valence-corrected chi connectivity index (χ1v) is 12.9. The number of nitrogens with zero attached hydrogens (tertiary/aromatic N) is 4. The number of morpholine rings is 1. The Morgan fingerprint density at radius 3 is 2.50 bits per heavy atom. The third kappa shape index (κ3) is 6.42. The molecule has 15 heteroatoms. The number of aromatic nitrogens is 3. The number of rotatable bonds is 7. The normalized spacial score (nSPS) is 14.1. The summed E-state index contributed by atoms with van der Waals surface area (Å²) in [4.78, 5) is 31.9. The predicted molar refractivity (Wildman–Crippen MR) is 146 cm³/mol. The molecule has 220 valence electrons. The number of urea groups is 1. The molecular formula is C27H26F4N8O3. The van der Waals surface area contributed by atoms with Gasteiger partial charge in [0.05, 0.1) is 30.0 Å². The van der Waals surface area contributed by atoms with Crippen molar-refractivity contribution < 1.29 is 31.9 Å². The summed E-state index contributed by atoms with van der Waals surface area (Å²) < 4.78 is 59.8. The maximum absolute atomic E-state index is 14.0. The number of hydrogen-bond donors (Lipinski definition) is 4. The molecule has 2 aromatic carbocycles. The van der Waals surface area contributed by atoms with Crippen LogP contribution >= 0.6 is 0 Å². The number of nitrogen functional groups attached to an aromatic ring is 1. The number of nitrogens with one attached hydrogen (secondary N) is 3. The molecule has 0 saturated carbocycles. The lowest BCUT2D eigenvalue weighted by Crippen LogP contribution is -2.41. The minimum atomic E-state index is -4.70. The van der Waals surface area contributed by atoms with E-state index in [1.807, 2.05) is 0 Å². The minimum Gasteiger partial charge on any atom is -0.382 e. The van der Waals surface area contributed by atoms with E-state index in [-0.39, 0.29) is 17.4 Å². The van der Waals surface area contributed by atoms with Gasteiger partial charge >= 0.3 is 12.2 Å². The molecule has 42 heavy (non-hydrogen) atoms. The highest BCUT2D eigenvalue weighted by atomic mass is 19.4. The molecule has 1 aliphatic rings. The standard InChI is InChI=1S/C27H26F4N8O3/c28-20-6-3-17(27(29,30)31)13-21(20)37-26(41)36-18-4-1-16(2-5-18)22-19(14-39-23(22)24(32)34-15-35-39)25(40)33-7-8-38-9-11-42-12-10-38/h1-6,13-15H,7-12H2,(H,33,40)(H2,32,34,35)(H2,36,37,41). The van der Waals surface area contributed by atoms with Gasteiger partial charge in [-0.3, -0.25) is 9.69 Å². The van der Waals surface area contributed by atoms with E-state index in [1.54, 1.807) is 18.3 Å². The Labute approximate surface area is 236 Å². The van der Waals surface area contributed by atoms with Gasteiger partial charge in [0.15, 0.2) is 5.82 Å². The van der Waals surface area contributed by atoms with E-state index in [2.05, 4.69) is 30.9 Å². The predicted octanol–water partition coefficient (Wildman–Crippen LogP) is 3.84. The molecule has 1 fully saturated rings. The molecule has 11 nitrogen and oxygen atoms in total. The SMILES string of the molecule is Nc1ncnn2cc(C(=O)NCCN3CCOCC3)c(-c3ccc(NC(=O)Nc4cc(C(F)(F)F)ccc4F)cc3)c12. The van der Waals surface area contributed by atoms with Crippen molar-refractivity contribution in [3.63, 3.8) is 0 Å². The Balaban J connectivity index is 1.33. The monoisotopic (exact) mass is 586 g/mol. The molecule has 0 unspecified atom stereocenters. The van der Waals surface area contributed by atoms with Crippen LogP contribution in [0, 0.1) is 5.82 Å². The first-order valence-electron chi connectivity index (χ1n) is 12.9. The third-order valence-corrected chi connectivity index (χ3v) is 6.64. The summed E-state index contributed by atoms with van der Waals surface area (Å²) in [5.41, 5.74) is 6.42. The zero-order valence-corrected chi connectivity index (χ0v) is 22.0. The van der Waals surface area contributed by atoms with Crippen LogP contribution in [0.3, 0.4) is 0 Å². The molecule has 5 rings (SSSR count). The highest BCUT2D eigenvalue weighted by Gasteiger charge is 2.31. The fourth-order valence-corrected chi connectivity index (χ4v) is 4.55. The molecule has 1 saturated heterocycles. The van der Waals surface area contributed by atoms with E-state index in [4.69, 9.17) is 10.5 Å². The number of carbonyl (C=O) groups is 2. The van der Waals surface area contributed by atoms with Gasteiger partial charge in [-0.15, -0.1) is 0 Å². The zero-order chi connectivity index (χ0) is 29.9. The number of fused-ring (bicyclic) bond motifs is 1. The molecule has 0 radical (unpaired) electrons. The van der Waals surface area contributed by atoms with E-state index in [1.165, 1.54) is 23.0 Å². The van der Waals surface area contributed by atoms with Crippen molar-refractivity contribution >= 4 is 34.6 Å². The lowest BCUT2D eigenvalue weighted by molar-refractivity contribution is -0.137. The molecule has 0 aliphatic carbocycles. The zero-order valence-electron chi connectivity index (χ0n) is 22.0. The van der Waals surface area contributed by atoms with Crippen LogP contribution in [-0.4, -0.2) is 70.8 Å². The number of halogens is 4. The largest absolute Gasteiger partial charge is 0.416 e. The van der Waals surface area contributed by atoms with Crippen LogP contribution in [-0.2, 0) is 10.9 Å². The molecule has 0 spiro atoms. The van der Waals surface area contributed by atoms with Crippen molar-refractivity contribution in [1.82, 2.24) is 24.8 Å². The summed E-state index contributed by atoms with van der Waals surface area (Å²) >= 11 is 0. The molecular weight excluding hydrogens is 560 g/mol. The molecule has 0 atom stereocenters. The fraction of sp³-hybridized carbons (Fsp3) is 0.259. The van der Waals surface area contributed by atoms with Crippen molar-refractivity contribution in [3.05, 3.63) is 71.9 Å². The number of amides is 3. The number of ether oxygens (including phenoxy) is 1. The van der Waals surface area contributed by atoms with Crippen LogP contribution < -0.4 is 21.7 Å². The molecule has 4 aromatic rings. The van der Waals surface area contributed by atoms with Crippen molar-refractivity contribution in [2.45, 2.75) is 6.18 Å². The van der Waals surface area contributed by atoms with Gasteiger partial charge in [-0.2, -0.15) is 18.3 Å². The smallest absolute Gasteiger partial charge is 0.382 e. The Bertz CT molecular complexity index is 1600. The first-order chi connectivity index (χ1) is 20.1. The van der Waals surface area contributed by atoms with Crippen LogP contribution in [0.15, 0.2) is 55.0 Å². The van der Waals surface area contributed by atoms with Gasteiger partial charge in [0.25, 0.3) is 5.91 Å². The van der Waals surface area contributed by atoms with Crippen molar-refractivity contribution in [2.75, 3.05) is 55.8 Å². The van der Waals surface area contributed by atoms with Gasteiger partial charge in [0.2, 0.25) is 0 Å². The average molecular weight is 587 g/mol. The number of nitrogens with two attached hydrogens (primary N) is 1. The second-order valence-corrected chi connectivity index (χ2v) is 9.42. The topological polar surface area (TPSA) is 139 Å². The highest BCUT2D eigenvalue weighted by molar-refractivity contribution is 6.07. The quantitative estimate of drug-likeness (QED) is 0.241. The highest BCUT2D eigenvalue weighted by Crippen LogP contribution is 2.34. The Morgan fingerprint density at radius 1 is 1.05 bits per heavy atom. The number of anilines is 3. The fourth-order valence-electron chi connectivity index (χ4n) is 4.55. The van der Waals surface area contributed by atoms with Crippen LogP contribution in [0.4, 0.5) is 39.5 Å². The van der Waals surface area contributed by atoms with Crippen LogP contribution in [0.5, 0.6) is 0 Å². The van der Waals surface area contributed by atoms with Crippen molar-refractivity contribution in [2.24, 2.45) is 0 Å². The van der Waals surface area contributed by atoms with Gasteiger partial charge < -0.3 is 26.4 Å². The summed E-state index contributed by atoms with van der Waals surface area (Å²) in [7, 11) is 0. The minimum absolute atomic E-state index is 0.150. The summed E-state index contributed by atoms with van der Waals surface area (Å²) in [6.07, 6.45) is -1.88. The van der Waals surface area contributed by atoms with Gasteiger partial charge in [-0.1, -0.05) is 12.1 Å². The summed E-state index contributed by atoms with van der Waals surface area (Å²) in [5.74, 6) is -1.21. The number of carbonyl (C=O) groups excluding carboxylic acids is 2. The van der Waals surface area contributed by atoms with E-state index >= 15 is 0 Å². The van der Waals surface area contributed by atoms with E-state index in [9.17, 15) is 27.2 Å². The Hall–Kier alpha value is -4.76. The van der Waals surface area contributed by atoms with Crippen molar-refractivity contribution in [1.29, 1.82) is 0 Å². The van der Waals surface area contributed by atoms with Gasteiger partial charge in [0.1, 0.15) is 17.7 Å². The van der Waals surface area contributed by atoms with E-state index in [0.29, 0.717) is 66.7 Å². The molecule has 5 N–H and O–H groups in total. The van der Waals surface area contributed by atoms with Crippen LogP contribution in [0.1, 0.15) is 15.9 Å². The maximum atomic E-state index is 14.0. The molecule has 0 bridgehead atoms. The lowest BCUT2D eigenvalue weighted by atomic mass is 10.0. The third-order valence-electron chi connectivity index (χ3n) is 6.64. The maximum Gasteiger partial charge on any atom is 0.416 e. The Morgan fingerprint density at radius 2 is 1.79 bits per heavy atom. The van der Waals surface area contributed by atoms with E-state index in [0.717, 1.165) is 13.1 Å². The summed E-state index contributed by atoms with van der Waals surface area (Å²) in [5, 5.41) is 11.6. The van der Waals surface area contributed by atoms with Crippen molar-refractivity contribution in [3.8, 4) is 11.1 Å². The second kappa shape index (κ2) is 12.0. The van der Waals surface area contributed by atoms with E-state index < -0.39 is 29.3 Å². The molecule has 3 amide bonds. The summed E-state index contributed by atoms with van der Waals surface area (Å²) in [6.45, 7) is 3.95. The van der Waals surface area contributed by atoms with Crippen LogP contribution in [0.25, 0.3) is 16.6 Å². The number of benzene rings is 2. The van der Waals surface area contributed by atoms with Gasteiger partial charge in [-0.25, -0.2) is 18.7 Å². The Kier molecular flexibility index (Phi) is 8.22.